The second-order valence-corrected chi connectivity index (χ2v) is 8.94. The minimum Gasteiger partial charge on any atom is -0.318 e. The number of benzene rings is 1. The standard InChI is InChI=1S/C19H17N5O3S2/c1-12-9-14(13(2)24(12)16-7-5-4-6-8-16)10-15(11-20)17(25)21-18-22-19(23-28-18)29(3,26)27/h4-10H,1-3H3,(H,21,22,23,25)/b15-10-. The fourth-order valence-electron chi connectivity index (χ4n) is 2.79. The number of nitrogens with one attached hydrogen (secondary N) is 1. The number of anilines is 1. The smallest absolute Gasteiger partial charge is 0.268 e. The van der Waals surface area contributed by atoms with Gasteiger partial charge in [-0.05, 0) is 43.7 Å². The first-order valence-corrected chi connectivity index (χ1v) is 11.1. The number of rotatable bonds is 5. The first-order chi connectivity index (χ1) is 13.7. The minimum absolute atomic E-state index is 0.00586. The van der Waals surface area contributed by atoms with E-state index in [1.807, 2.05) is 60.9 Å². The molecule has 0 aliphatic heterocycles. The summed E-state index contributed by atoms with van der Waals surface area (Å²) in [5, 5.41) is 11.5. The van der Waals surface area contributed by atoms with Crippen molar-refractivity contribution in [3.05, 3.63) is 58.9 Å². The summed E-state index contributed by atoms with van der Waals surface area (Å²) in [5.41, 5.74) is 3.41. The Labute approximate surface area is 172 Å². The molecule has 0 bridgehead atoms. The molecule has 10 heteroatoms. The molecule has 1 aromatic carbocycles. The number of para-hydroxylation sites is 1. The molecule has 0 saturated carbocycles. The fourth-order valence-corrected chi connectivity index (χ4v) is 4.23. The number of hydrogen-bond donors (Lipinski definition) is 1. The number of nitrogens with zero attached hydrogens (tertiary/aromatic N) is 4. The van der Waals surface area contributed by atoms with Crippen molar-refractivity contribution in [3.63, 3.8) is 0 Å². The number of carbonyl (C=O) groups excluding carboxylic acids is 1. The number of hydrogen-bond acceptors (Lipinski definition) is 7. The second kappa shape index (κ2) is 7.98. The van der Waals surface area contributed by atoms with Crippen LogP contribution in [0, 0.1) is 25.2 Å². The van der Waals surface area contributed by atoms with Crippen LogP contribution in [-0.2, 0) is 14.6 Å². The summed E-state index contributed by atoms with van der Waals surface area (Å²) >= 11 is 0.733. The summed E-state index contributed by atoms with van der Waals surface area (Å²) in [7, 11) is -3.57. The molecule has 1 N–H and O–H groups in total. The van der Waals surface area contributed by atoms with Crippen LogP contribution < -0.4 is 5.32 Å². The van der Waals surface area contributed by atoms with E-state index < -0.39 is 15.7 Å². The van der Waals surface area contributed by atoms with Gasteiger partial charge in [0.05, 0.1) is 0 Å². The van der Waals surface area contributed by atoms with Crippen molar-refractivity contribution in [1.82, 2.24) is 13.9 Å². The molecule has 0 fully saturated rings. The van der Waals surface area contributed by atoms with Crippen molar-refractivity contribution < 1.29 is 13.2 Å². The van der Waals surface area contributed by atoms with E-state index in [-0.39, 0.29) is 15.9 Å². The maximum atomic E-state index is 12.5. The Bertz CT molecular complexity index is 1250. The van der Waals surface area contributed by atoms with Crippen molar-refractivity contribution in [2.75, 3.05) is 11.6 Å². The van der Waals surface area contributed by atoms with Crippen molar-refractivity contribution in [2.24, 2.45) is 0 Å². The summed E-state index contributed by atoms with van der Waals surface area (Å²) in [5.74, 6) is -0.687. The fraction of sp³-hybridized carbons (Fsp3) is 0.158. The highest BCUT2D eigenvalue weighted by atomic mass is 32.2. The topological polar surface area (TPSA) is 118 Å². The van der Waals surface area contributed by atoms with E-state index in [4.69, 9.17) is 0 Å². The highest BCUT2D eigenvalue weighted by molar-refractivity contribution is 7.90. The Hall–Kier alpha value is -3.29. The Morgan fingerprint density at radius 3 is 2.55 bits per heavy atom. The first kappa shape index (κ1) is 20.4. The van der Waals surface area contributed by atoms with Crippen LogP contribution >= 0.6 is 11.5 Å². The summed E-state index contributed by atoms with van der Waals surface area (Å²) in [6.45, 7) is 3.85. The van der Waals surface area contributed by atoms with Crippen molar-refractivity contribution >= 4 is 38.5 Å². The van der Waals surface area contributed by atoms with E-state index in [1.165, 1.54) is 6.08 Å². The number of carbonyl (C=O) groups is 1. The van der Waals surface area contributed by atoms with Crippen LogP contribution in [0.2, 0.25) is 0 Å². The highest BCUT2D eigenvalue weighted by Crippen LogP contribution is 2.23. The third-order valence-electron chi connectivity index (χ3n) is 4.11. The van der Waals surface area contributed by atoms with E-state index in [0.717, 1.165) is 40.4 Å². The molecule has 0 spiro atoms. The molecular formula is C19H17N5O3S2. The second-order valence-electron chi connectivity index (χ2n) is 6.28. The van der Waals surface area contributed by atoms with Crippen LogP contribution in [0.3, 0.4) is 0 Å². The summed E-state index contributed by atoms with van der Waals surface area (Å²) in [6, 6.07) is 13.5. The van der Waals surface area contributed by atoms with E-state index in [2.05, 4.69) is 14.7 Å². The predicted molar refractivity (Wildman–Crippen MR) is 110 cm³/mol. The maximum Gasteiger partial charge on any atom is 0.268 e. The summed E-state index contributed by atoms with van der Waals surface area (Å²) < 4.78 is 28.6. The molecular weight excluding hydrogens is 410 g/mol. The molecule has 2 aromatic heterocycles. The molecule has 29 heavy (non-hydrogen) atoms. The van der Waals surface area contributed by atoms with Gasteiger partial charge >= 0.3 is 0 Å². The van der Waals surface area contributed by atoms with E-state index in [9.17, 15) is 18.5 Å². The van der Waals surface area contributed by atoms with E-state index in [0.29, 0.717) is 0 Å². The van der Waals surface area contributed by atoms with Gasteiger partial charge in [0.15, 0.2) is 0 Å². The molecule has 2 heterocycles. The average molecular weight is 428 g/mol. The first-order valence-electron chi connectivity index (χ1n) is 8.42. The normalized spacial score (nSPS) is 11.9. The maximum absolute atomic E-state index is 12.5. The lowest BCUT2D eigenvalue weighted by Gasteiger charge is -2.09. The molecule has 0 aliphatic rings. The summed E-state index contributed by atoms with van der Waals surface area (Å²) in [4.78, 5) is 16.2. The van der Waals surface area contributed by atoms with Crippen LogP contribution in [-0.4, -0.2) is 34.5 Å². The van der Waals surface area contributed by atoms with Crippen LogP contribution in [0.5, 0.6) is 0 Å². The molecule has 3 rings (SSSR count). The van der Waals surface area contributed by atoms with E-state index in [1.54, 1.807) is 0 Å². The zero-order chi connectivity index (χ0) is 21.2. The van der Waals surface area contributed by atoms with Crippen LogP contribution in [0.25, 0.3) is 11.8 Å². The minimum atomic E-state index is -3.57. The molecule has 0 aliphatic carbocycles. The zero-order valence-electron chi connectivity index (χ0n) is 15.9. The predicted octanol–water partition coefficient (Wildman–Crippen LogP) is 2.89. The van der Waals surface area contributed by atoms with Gasteiger partial charge in [-0.15, -0.1) is 0 Å². The number of sulfone groups is 1. The molecule has 0 radical (unpaired) electrons. The van der Waals surface area contributed by atoms with Gasteiger partial charge in [0.1, 0.15) is 11.6 Å². The van der Waals surface area contributed by atoms with Gasteiger partial charge in [0.2, 0.25) is 15.0 Å². The van der Waals surface area contributed by atoms with Crippen molar-refractivity contribution in [2.45, 2.75) is 19.0 Å². The number of aryl methyl sites for hydroxylation is 1. The lowest BCUT2D eigenvalue weighted by atomic mass is 10.1. The monoisotopic (exact) mass is 427 g/mol. The Kier molecular flexibility index (Phi) is 5.63. The van der Waals surface area contributed by atoms with Crippen molar-refractivity contribution in [3.8, 4) is 11.8 Å². The van der Waals surface area contributed by atoms with Crippen LogP contribution in [0.4, 0.5) is 5.13 Å². The number of amides is 1. The Morgan fingerprint density at radius 1 is 1.28 bits per heavy atom. The third-order valence-corrected chi connectivity index (χ3v) is 5.70. The Balaban J connectivity index is 1.90. The van der Waals surface area contributed by atoms with Gasteiger partial charge in [-0.25, -0.2) is 8.42 Å². The largest absolute Gasteiger partial charge is 0.318 e. The lowest BCUT2D eigenvalue weighted by Crippen LogP contribution is -2.13. The SMILES string of the molecule is Cc1cc(/C=C(/C#N)C(=O)Nc2nc(S(C)(=O)=O)ns2)c(C)n1-c1ccccc1. The summed E-state index contributed by atoms with van der Waals surface area (Å²) in [6.07, 6.45) is 2.47. The van der Waals surface area contributed by atoms with Gasteiger partial charge < -0.3 is 4.57 Å². The molecule has 148 valence electrons. The third kappa shape index (κ3) is 4.42. The highest BCUT2D eigenvalue weighted by Gasteiger charge is 2.18. The molecule has 0 saturated heterocycles. The van der Waals surface area contributed by atoms with Crippen LogP contribution in [0.1, 0.15) is 17.0 Å². The molecule has 0 unspecified atom stereocenters. The van der Waals surface area contributed by atoms with Gasteiger partial charge in [-0.3, -0.25) is 10.1 Å². The number of nitriles is 1. The Morgan fingerprint density at radius 2 is 1.97 bits per heavy atom. The van der Waals surface area contributed by atoms with Crippen LogP contribution in [0.15, 0.2) is 47.1 Å². The van der Waals surface area contributed by atoms with Crippen molar-refractivity contribution in [1.29, 1.82) is 5.26 Å². The van der Waals surface area contributed by atoms with Gasteiger partial charge in [0.25, 0.3) is 11.1 Å². The molecule has 8 nitrogen and oxygen atoms in total. The molecule has 0 atom stereocenters. The molecule has 3 aromatic rings. The van der Waals surface area contributed by atoms with Gasteiger partial charge in [-0.2, -0.15) is 14.6 Å². The van der Waals surface area contributed by atoms with E-state index >= 15 is 0 Å². The number of aromatic nitrogens is 3. The van der Waals surface area contributed by atoms with Gasteiger partial charge in [0, 0.05) is 34.9 Å². The van der Waals surface area contributed by atoms with Gasteiger partial charge in [-0.1, -0.05) is 18.2 Å². The quantitative estimate of drug-likeness (QED) is 0.494. The molecule has 1 amide bonds. The zero-order valence-corrected chi connectivity index (χ0v) is 17.5. The average Bonchev–Trinajstić information content (AvgIpc) is 3.24. The lowest BCUT2D eigenvalue weighted by molar-refractivity contribution is -0.112.